The molecule has 0 aromatic carbocycles. The molecule has 2 fully saturated rings. The lowest BCUT2D eigenvalue weighted by molar-refractivity contribution is -0.305. The van der Waals surface area contributed by atoms with Gasteiger partial charge in [-0.3, -0.25) is 0 Å². The van der Waals surface area contributed by atoms with Gasteiger partial charge >= 0.3 is 24.7 Å². The number of alkyl halides is 12. The van der Waals surface area contributed by atoms with E-state index >= 15 is 0 Å². The van der Waals surface area contributed by atoms with E-state index in [9.17, 15) is 73.1 Å². The van der Waals surface area contributed by atoms with Crippen molar-refractivity contribution < 1.29 is 73.1 Å². The Labute approximate surface area is 222 Å². The predicted molar refractivity (Wildman–Crippen MR) is 115 cm³/mol. The topological polar surface area (TPSA) is 80.9 Å². The van der Waals surface area contributed by atoms with Crippen LogP contribution < -0.4 is 0 Å². The largest absolute Gasteiger partial charge is 0.417 e. The summed E-state index contributed by atoms with van der Waals surface area (Å²) in [4.78, 5) is 0. The Morgan fingerprint density at radius 2 is 0.500 bits per heavy atom. The Hall–Kier alpha value is -1.00. The maximum atomic E-state index is 13.7. The molecule has 0 amide bonds. The second-order valence-corrected chi connectivity index (χ2v) is 12.3. The van der Waals surface area contributed by atoms with Crippen LogP contribution in [0.3, 0.4) is 0 Å². The van der Waals surface area contributed by atoms with Gasteiger partial charge in [0.25, 0.3) is 0 Å². The van der Waals surface area contributed by atoms with Crippen molar-refractivity contribution in [2.75, 3.05) is 0 Å². The van der Waals surface area contributed by atoms with E-state index in [-0.39, 0.29) is 0 Å². The zero-order valence-corrected chi connectivity index (χ0v) is 22.0. The number of rotatable bonds is 5. The highest BCUT2D eigenvalue weighted by atomic mass is 19.4. The average molecular weight is 615 g/mol. The summed E-state index contributed by atoms with van der Waals surface area (Å²) in [5, 5.41) is 41.2. The van der Waals surface area contributed by atoms with Crippen molar-refractivity contribution in [2.24, 2.45) is 35.5 Å². The summed E-state index contributed by atoms with van der Waals surface area (Å²) in [5.74, 6) is -10.9. The molecule has 0 aromatic rings. The van der Waals surface area contributed by atoms with Crippen LogP contribution in [-0.2, 0) is 0 Å². The van der Waals surface area contributed by atoms with Crippen LogP contribution in [0.4, 0.5) is 52.7 Å². The standard InChI is InChI=1S/C24H34F12O4/c1-17(37,21(25,26)27)13-5-11(6-14(9-13)18(2,38)22(28,29)30)12-7-15(19(3,39)23(31,32)33)10-16(8-12)20(4,40)24(34,35)36/h11-16,37-40H,5-10H2,1-4H3. The minimum atomic E-state index is -5.37. The Balaban J connectivity index is 2.63. The lowest BCUT2D eigenvalue weighted by Gasteiger charge is -2.52. The van der Waals surface area contributed by atoms with E-state index in [0.717, 1.165) is 0 Å². The molecule has 8 atom stereocenters. The Bertz CT molecular complexity index is 746. The van der Waals surface area contributed by atoms with Crippen molar-refractivity contribution in [1.82, 2.24) is 0 Å². The van der Waals surface area contributed by atoms with E-state index in [4.69, 9.17) is 0 Å². The van der Waals surface area contributed by atoms with Gasteiger partial charge in [-0.15, -0.1) is 0 Å². The van der Waals surface area contributed by atoms with E-state index < -0.39 is 121 Å². The maximum absolute atomic E-state index is 13.7. The van der Waals surface area contributed by atoms with E-state index in [1.807, 2.05) is 0 Å². The van der Waals surface area contributed by atoms with Crippen LogP contribution in [-0.4, -0.2) is 67.5 Å². The second kappa shape index (κ2) is 10.3. The number of hydrogen-bond donors (Lipinski definition) is 4. The Kier molecular flexibility index (Phi) is 9.08. The van der Waals surface area contributed by atoms with Gasteiger partial charge in [0.2, 0.25) is 0 Å². The molecule has 0 saturated heterocycles. The van der Waals surface area contributed by atoms with Crippen molar-refractivity contribution in [3.05, 3.63) is 0 Å². The molecule has 0 bridgehead atoms. The fourth-order valence-electron chi connectivity index (χ4n) is 6.26. The summed E-state index contributed by atoms with van der Waals surface area (Å²) in [7, 11) is 0. The van der Waals surface area contributed by atoms with Gasteiger partial charge in [-0.1, -0.05) is 0 Å². The van der Waals surface area contributed by atoms with Crippen molar-refractivity contribution in [1.29, 1.82) is 0 Å². The zero-order chi connectivity index (χ0) is 31.7. The first-order chi connectivity index (χ1) is 17.4. The van der Waals surface area contributed by atoms with Gasteiger partial charge in [-0.2, -0.15) is 52.7 Å². The van der Waals surface area contributed by atoms with Crippen LogP contribution in [0.5, 0.6) is 0 Å². The maximum Gasteiger partial charge on any atom is 0.417 e. The first kappa shape index (κ1) is 35.2. The number of hydrogen-bond acceptors (Lipinski definition) is 4. The van der Waals surface area contributed by atoms with Gasteiger partial charge in [0, 0.05) is 0 Å². The normalized spacial score (nSPS) is 35.7. The molecule has 16 heteroatoms. The molecule has 2 rings (SSSR count). The lowest BCUT2D eigenvalue weighted by atomic mass is 9.56. The first-order valence-corrected chi connectivity index (χ1v) is 12.5. The SMILES string of the molecule is CC(O)(C1CC(C2CC(C(C)(O)C(F)(F)F)CC(C(C)(O)C(F)(F)F)C2)CC(C(C)(O)C(F)(F)F)C1)C(F)(F)F. The van der Waals surface area contributed by atoms with Gasteiger partial charge in [0.05, 0.1) is 0 Å². The summed E-state index contributed by atoms with van der Waals surface area (Å²) < 4.78 is 164. The Morgan fingerprint density at radius 3 is 0.625 bits per heavy atom. The van der Waals surface area contributed by atoms with Crippen molar-refractivity contribution in [2.45, 2.75) is 113 Å². The highest BCUT2D eigenvalue weighted by molar-refractivity contribution is 5.05. The lowest BCUT2D eigenvalue weighted by Crippen LogP contribution is -2.58. The summed E-state index contributed by atoms with van der Waals surface area (Å²) >= 11 is 0. The van der Waals surface area contributed by atoms with Crippen LogP contribution in [0.1, 0.15) is 66.2 Å². The van der Waals surface area contributed by atoms with Crippen LogP contribution in [0, 0.1) is 35.5 Å². The van der Waals surface area contributed by atoms with Crippen LogP contribution in [0.15, 0.2) is 0 Å². The van der Waals surface area contributed by atoms with Crippen molar-refractivity contribution in [3.63, 3.8) is 0 Å². The van der Waals surface area contributed by atoms with E-state index in [2.05, 4.69) is 0 Å². The third kappa shape index (κ3) is 6.34. The third-order valence-corrected chi connectivity index (χ3v) is 9.63. The van der Waals surface area contributed by atoms with Gasteiger partial charge in [0.15, 0.2) is 22.4 Å². The number of halogens is 12. The molecule has 8 unspecified atom stereocenters. The smallest absolute Gasteiger partial charge is 0.380 e. The minimum absolute atomic E-state index is 0.300. The van der Waals surface area contributed by atoms with Crippen LogP contribution >= 0.6 is 0 Å². The predicted octanol–water partition coefficient (Wildman–Crippen LogP) is 6.30. The van der Waals surface area contributed by atoms with Gasteiger partial charge in [-0.25, -0.2) is 0 Å². The summed E-state index contributed by atoms with van der Waals surface area (Å²) in [5.41, 5.74) is -14.4. The Morgan fingerprint density at radius 1 is 0.350 bits per heavy atom. The van der Waals surface area contributed by atoms with E-state index in [1.165, 1.54) is 0 Å². The molecule has 238 valence electrons. The van der Waals surface area contributed by atoms with Gasteiger partial charge in [-0.05, 0) is 102 Å². The second-order valence-electron chi connectivity index (χ2n) is 12.3. The fraction of sp³-hybridized carbons (Fsp3) is 1.00. The molecule has 0 radical (unpaired) electrons. The molecule has 4 N–H and O–H groups in total. The van der Waals surface area contributed by atoms with Crippen LogP contribution in [0.25, 0.3) is 0 Å². The molecular weight excluding hydrogens is 580 g/mol. The fourth-order valence-corrected chi connectivity index (χ4v) is 6.26. The highest BCUT2D eigenvalue weighted by Crippen LogP contribution is 2.57. The van der Waals surface area contributed by atoms with E-state index in [1.54, 1.807) is 0 Å². The highest BCUT2D eigenvalue weighted by Gasteiger charge is 2.64. The molecule has 0 heterocycles. The van der Waals surface area contributed by atoms with E-state index in [0.29, 0.717) is 27.7 Å². The molecule has 2 saturated carbocycles. The van der Waals surface area contributed by atoms with Gasteiger partial charge in [0.1, 0.15) is 0 Å². The third-order valence-electron chi connectivity index (χ3n) is 9.63. The minimum Gasteiger partial charge on any atom is -0.380 e. The van der Waals surface area contributed by atoms with Crippen molar-refractivity contribution >= 4 is 0 Å². The molecule has 2 aliphatic carbocycles. The molecule has 2 aliphatic rings. The summed E-state index contributed by atoms with van der Waals surface area (Å²) in [6.07, 6.45) is -26.4. The summed E-state index contributed by atoms with van der Waals surface area (Å²) in [6.45, 7) is 1.20. The average Bonchev–Trinajstić information content (AvgIpc) is 2.75. The molecule has 4 nitrogen and oxygen atoms in total. The molecular formula is C24H34F12O4. The van der Waals surface area contributed by atoms with Crippen molar-refractivity contribution in [3.8, 4) is 0 Å². The van der Waals surface area contributed by atoms with Crippen LogP contribution in [0.2, 0.25) is 0 Å². The van der Waals surface area contributed by atoms with Gasteiger partial charge < -0.3 is 20.4 Å². The monoisotopic (exact) mass is 614 g/mol. The first-order valence-electron chi connectivity index (χ1n) is 12.5. The zero-order valence-electron chi connectivity index (χ0n) is 22.0. The molecule has 0 aliphatic heterocycles. The summed E-state index contributed by atoms with van der Waals surface area (Å²) in [6, 6.07) is 0. The molecule has 0 aromatic heterocycles. The molecule has 40 heavy (non-hydrogen) atoms. The number of aliphatic hydroxyl groups is 4. The quantitative estimate of drug-likeness (QED) is 0.274. The molecule has 0 spiro atoms.